The van der Waals surface area contributed by atoms with Gasteiger partial charge in [-0.2, -0.15) is 5.10 Å². The number of aromatic amines is 1. The SMILES string of the molecule is COc1cccc(N)c1C(=O)NCc1ncn[nH]1. The highest BCUT2D eigenvalue weighted by molar-refractivity contribution is 6.01. The summed E-state index contributed by atoms with van der Waals surface area (Å²) in [6.07, 6.45) is 1.37. The molecular weight excluding hydrogens is 234 g/mol. The Morgan fingerprint density at radius 2 is 2.39 bits per heavy atom. The first-order chi connectivity index (χ1) is 8.72. The van der Waals surface area contributed by atoms with Gasteiger partial charge in [-0.1, -0.05) is 6.07 Å². The van der Waals surface area contributed by atoms with Crippen LogP contribution >= 0.6 is 0 Å². The van der Waals surface area contributed by atoms with Crippen molar-refractivity contribution in [2.75, 3.05) is 12.8 Å². The summed E-state index contributed by atoms with van der Waals surface area (Å²) in [6.45, 7) is 0.246. The van der Waals surface area contributed by atoms with Crippen molar-refractivity contribution < 1.29 is 9.53 Å². The molecule has 1 amide bonds. The van der Waals surface area contributed by atoms with Gasteiger partial charge in [0.15, 0.2) is 0 Å². The van der Waals surface area contributed by atoms with E-state index < -0.39 is 0 Å². The van der Waals surface area contributed by atoms with E-state index in [1.807, 2.05) is 0 Å². The lowest BCUT2D eigenvalue weighted by atomic mass is 10.1. The van der Waals surface area contributed by atoms with Crippen LogP contribution in [0.2, 0.25) is 0 Å². The molecule has 0 fully saturated rings. The van der Waals surface area contributed by atoms with Crippen molar-refractivity contribution in [3.8, 4) is 5.75 Å². The number of carbonyl (C=O) groups is 1. The standard InChI is InChI=1S/C11H13N5O2/c1-18-8-4-2-3-7(12)10(8)11(17)13-5-9-14-6-15-16-9/h2-4,6H,5,12H2,1H3,(H,13,17)(H,14,15,16). The average molecular weight is 247 g/mol. The van der Waals surface area contributed by atoms with Crippen LogP contribution in [-0.2, 0) is 6.54 Å². The molecule has 2 aromatic rings. The number of carbonyl (C=O) groups excluding carboxylic acids is 1. The van der Waals surface area contributed by atoms with Crippen molar-refractivity contribution in [3.63, 3.8) is 0 Å². The quantitative estimate of drug-likeness (QED) is 0.675. The lowest BCUT2D eigenvalue weighted by Crippen LogP contribution is -2.25. The molecule has 1 aromatic carbocycles. The third kappa shape index (κ3) is 2.40. The van der Waals surface area contributed by atoms with Crippen LogP contribution < -0.4 is 15.8 Å². The molecule has 0 radical (unpaired) electrons. The van der Waals surface area contributed by atoms with Crippen molar-refractivity contribution in [1.82, 2.24) is 20.5 Å². The lowest BCUT2D eigenvalue weighted by molar-refractivity contribution is 0.0948. The molecule has 0 aliphatic heterocycles. The lowest BCUT2D eigenvalue weighted by Gasteiger charge is -2.10. The minimum absolute atomic E-state index is 0.246. The Balaban J connectivity index is 2.13. The van der Waals surface area contributed by atoms with Crippen LogP contribution in [0.25, 0.3) is 0 Å². The fraction of sp³-hybridized carbons (Fsp3) is 0.182. The number of hydrogen-bond acceptors (Lipinski definition) is 5. The number of amides is 1. The van der Waals surface area contributed by atoms with Gasteiger partial charge < -0.3 is 15.8 Å². The Morgan fingerprint density at radius 1 is 1.56 bits per heavy atom. The van der Waals surface area contributed by atoms with E-state index in [1.54, 1.807) is 18.2 Å². The molecule has 1 heterocycles. The monoisotopic (exact) mass is 247 g/mol. The molecule has 0 saturated carbocycles. The van der Waals surface area contributed by atoms with Crippen molar-refractivity contribution in [3.05, 3.63) is 35.9 Å². The maximum absolute atomic E-state index is 12.0. The number of rotatable bonds is 4. The van der Waals surface area contributed by atoms with Crippen LogP contribution in [0, 0.1) is 0 Å². The number of hydrogen-bond donors (Lipinski definition) is 3. The zero-order chi connectivity index (χ0) is 13.0. The van der Waals surface area contributed by atoms with E-state index in [9.17, 15) is 4.79 Å². The summed E-state index contributed by atoms with van der Waals surface area (Å²) in [7, 11) is 1.49. The highest BCUT2D eigenvalue weighted by atomic mass is 16.5. The second kappa shape index (κ2) is 5.17. The Morgan fingerprint density at radius 3 is 3.06 bits per heavy atom. The smallest absolute Gasteiger partial charge is 0.257 e. The Kier molecular flexibility index (Phi) is 3.42. The summed E-state index contributed by atoms with van der Waals surface area (Å²) >= 11 is 0. The molecule has 0 bridgehead atoms. The van der Waals surface area contributed by atoms with Crippen LogP contribution in [0.4, 0.5) is 5.69 Å². The minimum Gasteiger partial charge on any atom is -0.496 e. The molecule has 94 valence electrons. The largest absolute Gasteiger partial charge is 0.496 e. The highest BCUT2D eigenvalue weighted by Gasteiger charge is 2.15. The van der Waals surface area contributed by atoms with E-state index in [-0.39, 0.29) is 12.5 Å². The normalized spacial score (nSPS) is 10.1. The predicted octanol–water partition coefficient (Wildman–Crippen LogP) is 0.325. The van der Waals surface area contributed by atoms with E-state index in [4.69, 9.17) is 10.5 Å². The maximum Gasteiger partial charge on any atom is 0.257 e. The molecule has 0 aliphatic carbocycles. The Hall–Kier alpha value is -2.57. The van der Waals surface area contributed by atoms with Gasteiger partial charge in [-0.25, -0.2) is 4.98 Å². The number of anilines is 1. The summed E-state index contributed by atoms with van der Waals surface area (Å²) in [6, 6.07) is 5.05. The summed E-state index contributed by atoms with van der Waals surface area (Å²) in [4.78, 5) is 15.9. The fourth-order valence-corrected chi connectivity index (χ4v) is 1.53. The molecule has 0 saturated heterocycles. The third-order valence-corrected chi connectivity index (χ3v) is 2.39. The van der Waals surface area contributed by atoms with Crippen molar-refractivity contribution >= 4 is 11.6 Å². The van der Waals surface area contributed by atoms with Gasteiger partial charge in [-0.3, -0.25) is 9.89 Å². The first-order valence-corrected chi connectivity index (χ1v) is 5.27. The number of benzene rings is 1. The maximum atomic E-state index is 12.0. The van der Waals surface area contributed by atoms with E-state index in [1.165, 1.54) is 13.4 Å². The molecule has 18 heavy (non-hydrogen) atoms. The average Bonchev–Trinajstić information content (AvgIpc) is 2.88. The third-order valence-electron chi connectivity index (χ3n) is 2.39. The van der Waals surface area contributed by atoms with Gasteiger partial charge in [0.05, 0.1) is 13.7 Å². The number of H-pyrrole nitrogens is 1. The van der Waals surface area contributed by atoms with Crippen molar-refractivity contribution in [2.24, 2.45) is 0 Å². The molecule has 4 N–H and O–H groups in total. The number of methoxy groups -OCH3 is 1. The molecule has 1 aromatic heterocycles. The van der Waals surface area contributed by atoms with E-state index >= 15 is 0 Å². The summed E-state index contributed by atoms with van der Waals surface area (Å²) < 4.78 is 5.11. The van der Waals surface area contributed by atoms with Gasteiger partial charge in [0.2, 0.25) is 0 Å². The van der Waals surface area contributed by atoms with Gasteiger partial charge in [-0.05, 0) is 12.1 Å². The van der Waals surface area contributed by atoms with E-state index in [0.29, 0.717) is 22.8 Å². The van der Waals surface area contributed by atoms with E-state index in [0.717, 1.165) is 0 Å². The highest BCUT2D eigenvalue weighted by Crippen LogP contribution is 2.23. The molecular formula is C11H13N5O2. The number of nitrogens with two attached hydrogens (primary N) is 1. The van der Waals surface area contributed by atoms with Crippen LogP contribution in [0.5, 0.6) is 5.75 Å². The molecule has 7 nitrogen and oxygen atoms in total. The van der Waals surface area contributed by atoms with Gasteiger partial charge in [0, 0.05) is 5.69 Å². The molecule has 0 spiro atoms. The Labute approximate surface area is 103 Å². The van der Waals surface area contributed by atoms with E-state index in [2.05, 4.69) is 20.5 Å². The molecule has 2 rings (SSSR count). The minimum atomic E-state index is -0.318. The van der Waals surface area contributed by atoms with Crippen molar-refractivity contribution in [2.45, 2.75) is 6.54 Å². The first kappa shape index (κ1) is 11.9. The van der Waals surface area contributed by atoms with Crippen LogP contribution in [0.1, 0.15) is 16.2 Å². The first-order valence-electron chi connectivity index (χ1n) is 5.27. The van der Waals surface area contributed by atoms with Gasteiger partial charge in [0.25, 0.3) is 5.91 Å². The number of nitrogens with one attached hydrogen (secondary N) is 2. The summed E-state index contributed by atoms with van der Waals surface area (Å²) in [5.74, 6) is 0.684. The second-order valence-corrected chi connectivity index (χ2v) is 3.54. The zero-order valence-corrected chi connectivity index (χ0v) is 9.80. The number of nitrogens with zero attached hydrogens (tertiary/aromatic N) is 2. The molecule has 0 unspecified atom stereocenters. The molecule has 7 heteroatoms. The summed E-state index contributed by atoms with van der Waals surface area (Å²) in [5.41, 5.74) is 6.45. The van der Waals surface area contributed by atoms with Gasteiger partial charge in [0.1, 0.15) is 23.5 Å². The molecule has 0 aliphatic rings. The molecule has 0 atom stereocenters. The van der Waals surface area contributed by atoms with Gasteiger partial charge in [-0.15, -0.1) is 0 Å². The number of ether oxygens (including phenoxy) is 1. The number of aromatic nitrogens is 3. The van der Waals surface area contributed by atoms with Crippen molar-refractivity contribution in [1.29, 1.82) is 0 Å². The van der Waals surface area contributed by atoms with Crippen LogP contribution in [0.3, 0.4) is 0 Å². The second-order valence-electron chi connectivity index (χ2n) is 3.54. The van der Waals surface area contributed by atoms with Crippen LogP contribution in [-0.4, -0.2) is 28.2 Å². The zero-order valence-electron chi connectivity index (χ0n) is 9.80. The summed E-state index contributed by atoms with van der Waals surface area (Å²) in [5, 5.41) is 9.02. The predicted molar refractivity (Wildman–Crippen MR) is 65.0 cm³/mol. The van der Waals surface area contributed by atoms with Crippen LogP contribution in [0.15, 0.2) is 24.5 Å². The Bertz CT molecular complexity index is 538. The van der Waals surface area contributed by atoms with Gasteiger partial charge >= 0.3 is 0 Å². The fourth-order valence-electron chi connectivity index (χ4n) is 1.53. The topological polar surface area (TPSA) is 106 Å². The number of nitrogen functional groups attached to an aromatic ring is 1.